The Balaban J connectivity index is 1.09. The first-order chi connectivity index (χ1) is 23.0. The minimum absolute atomic E-state index is 0.0816. The van der Waals surface area contributed by atoms with E-state index in [0.29, 0.717) is 36.2 Å². The van der Waals surface area contributed by atoms with Crippen molar-refractivity contribution < 1.29 is 20.1 Å². The van der Waals surface area contributed by atoms with Crippen LogP contribution in [0.1, 0.15) is 102 Å². The Labute approximate surface area is 289 Å². The SMILES string of the molecule is CC(CCCOC(c1ccccc1)(c1ccccc1)c1ccccc1)C1CC[C@H]2C3[C@H](C[C@H](O)[C@]12C)[C@@]1(C)CC[C@@H](O)CC1C[C@]3(C)O. The van der Waals surface area contributed by atoms with Gasteiger partial charge in [0.2, 0.25) is 0 Å². The third kappa shape index (κ3) is 5.50. The first kappa shape index (κ1) is 34.0. The number of hydrogen-bond donors (Lipinski definition) is 3. The topological polar surface area (TPSA) is 69.9 Å². The molecule has 3 aromatic carbocycles. The molecule has 0 bridgehead atoms. The van der Waals surface area contributed by atoms with Crippen LogP contribution in [0, 0.1) is 46.3 Å². The Morgan fingerprint density at radius 2 is 1.33 bits per heavy atom. The summed E-state index contributed by atoms with van der Waals surface area (Å²) in [4.78, 5) is 0. The second-order valence-electron chi connectivity index (χ2n) is 17.0. The fourth-order valence-electron chi connectivity index (χ4n) is 12.1. The second-order valence-corrected chi connectivity index (χ2v) is 17.0. The van der Waals surface area contributed by atoms with Gasteiger partial charge in [0, 0.05) is 6.61 Å². The maximum absolute atomic E-state index is 12.1. The minimum atomic E-state index is -0.764. The first-order valence-corrected chi connectivity index (χ1v) is 18.9. The van der Waals surface area contributed by atoms with Gasteiger partial charge in [0.25, 0.3) is 0 Å². The lowest BCUT2D eigenvalue weighted by Gasteiger charge is -2.66. The molecule has 0 spiro atoms. The van der Waals surface area contributed by atoms with Gasteiger partial charge >= 0.3 is 0 Å². The summed E-state index contributed by atoms with van der Waals surface area (Å²) in [5.74, 6) is 1.99. The second kappa shape index (κ2) is 13.0. The maximum Gasteiger partial charge on any atom is 0.143 e. The van der Waals surface area contributed by atoms with Crippen molar-refractivity contribution in [1.29, 1.82) is 0 Å². The number of aliphatic hydroxyl groups is 3. The zero-order valence-electron chi connectivity index (χ0n) is 29.6. The van der Waals surface area contributed by atoms with Gasteiger partial charge in [-0.05, 0) is 128 Å². The molecule has 4 saturated carbocycles. The van der Waals surface area contributed by atoms with E-state index >= 15 is 0 Å². The molecule has 4 aliphatic carbocycles. The van der Waals surface area contributed by atoms with E-state index in [9.17, 15) is 15.3 Å². The summed E-state index contributed by atoms with van der Waals surface area (Å²) >= 11 is 0. The van der Waals surface area contributed by atoms with Crippen LogP contribution in [0.5, 0.6) is 0 Å². The molecular weight excluding hydrogens is 592 g/mol. The van der Waals surface area contributed by atoms with Crippen LogP contribution < -0.4 is 0 Å². The van der Waals surface area contributed by atoms with Crippen LogP contribution in [0.15, 0.2) is 91.0 Å². The third-order valence-corrected chi connectivity index (χ3v) is 14.5. The summed E-state index contributed by atoms with van der Waals surface area (Å²) in [6, 6.07) is 31.8. The molecule has 0 saturated heterocycles. The first-order valence-electron chi connectivity index (χ1n) is 18.9. The Kier molecular flexibility index (Phi) is 9.20. The Hall–Kier alpha value is -2.50. The summed E-state index contributed by atoms with van der Waals surface area (Å²) in [5, 5.41) is 34.8. The summed E-state index contributed by atoms with van der Waals surface area (Å²) in [5.41, 5.74) is 1.79. The average molecular weight is 651 g/mol. The fourth-order valence-corrected chi connectivity index (χ4v) is 12.1. The van der Waals surface area contributed by atoms with Crippen LogP contribution in [-0.4, -0.2) is 39.7 Å². The van der Waals surface area contributed by atoms with Gasteiger partial charge in [-0.15, -0.1) is 0 Å². The Bertz CT molecular complexity index is 1410. The molecule has 0 heterocycles. The molecule has 0 radical (unpaired) electrons. The van der Waals surface area contributed by atoms with Crippen molar-refractivity contribution in [3.8, 4) is 0 Å². The summed E-state index contributed by atoms with van der Waals surface area (Å²) in [6.45, 7) is 9.89. The lowest BCUT2D eigenvalue weighted by molar-refractivity contribution is -0.237. The number of hydrogen-bond acceptors (Lipinski definition) is 4. The molecule has 7 rings (SSSR count). The lowest BCUT2D eigenvalue weighted by atomic mass is 9.41. The molecule has 0 aromatic heterocycles. The van der Waals surface area contributed by atoms with E-state index < -0.39 is 11.2 Å². The molecule has 4 fully saturated rings. The number of aliphatic hydroxyl groups excluding tert-OH is 2. The zero-order chi connectivity index (χ0) is 33.7. The van der Waals surface area contributed by atoms with Crippen molar-refractivity contribution in [3.63, 3.8) is 0 Å². The van der Waals surface area contributed by atoms with Crippen molar-refractivity contribution in [2.45, 2.75) is 109 Å². The molecular formula is C44H58O4. The van der Waals surface area contributed by atoms with Gasteiger partial charge in [0.15, 0.2) is 0 Å². The summed E-state index contributed by atoms with van der Waals surface area (Å²) in [6.07, 6.45) is 7.73. The van der Waals surface area contributed by atoms with E-state index in [2.05, 4.69) is 119 Å². The van der Waals surface area contributed by atoms with Gasteiger partial charge in [-0.1, -0.05) is 112 Å². The summed E-state index contributed by atoms with van der Waals surface area (Å²) in [7, 11) is 0. The van der Waals surface area contributed by atoms with Crippen LogP contribution >= 0.6 is 0 Å². The molecule has 4 heteroatoms. The highest BCUT2D eigenvalue weighted by atomic mass is 16.5. The van der Waals surface area contributed by atoms with E-state index in [0.717, 1.165) is 74.5 Å². The Morgan fingerprint density at radius 3 is 1.90 bits per heavy atom. The fraction of sp³-hybridized carbons (Fsp3) is 0.591. The van der Waals surface area contributed by atoms with Gasteiger partial charge in [-0.3, -0.25) is 0 Å². The quantitative estimate of drug-likeness (QED) is 0.160. The number of benzene rings is 3. The average Bonchev–Trinajstić information content (AvgIpc) is 3.45. The van der Waals surface area contributed by atoms with Crippen LogP contribution in [0.25, 0.3) is 0 Å². The van der Waals surface area contributed by atoms with Gasteiger partial charge in [0.1, 0.15) is 5.60 Å². The van der Waals surface area contributed by atoms with Gasteiger partial charge < -0.3 is 20.1 Å². The molecule has 4 nitrogen and oxygen atoms in total. The highest BCUT2D eigenvalue weighted by molar-refractivity contribution is 5.47. The number of ether oxygens (including phenoxy) is 1. The molecule has 3 N–H and O–H groups in total. The standard InChI is InChI=1S/C44H58O4/c1-30(15-14-26-48-44(31-16-8-5-9-17-31,32-18-10-6-11-19-32)33-20-12-7-13-21-33)36-22-23-37-40-38(28-39(46)43(36,37)4)41(2)25-24-35(45)27-34(41)29-42(40,3)47/h5-13,16-21,30,34-40,45-47H,14-15,22-29H2,1-4H3/t30?,34?,35-,36?,37+,38+,39+,40?,41+,42+,43-/m1/s1. The number of fused-ring (bicyclic) bond motifs is 5. The monoisotopic (exact) mass is 650 g/mol. The van der Waals surface area contributed by atoms with Crippen LogP contribution in [0.2, 0.25) is 0 Å². The molecule has 4 aliphatic rings. The smallest absolute Gasteiger partial charge is 0.143 e. The van der Waals surface area contributed by atoms with Crippen LogP contribution in [-0.2, 0) is 10.3 Å². The predicted molar refractivity (Wildman–Crippen MR) is 192 cm³/mol. The van der Waals surface area contributed by atoms with E-state index in [4.69, 9.17) is 4.74 Å². The predicted octanol–water partition coefficient (Wildman–Crippen LogP) is 8.76. The largest absolute Gasteiger partial charge is 0.393 e. The van der Waals surface area contributed by atoms with Gasteiger partial charge in [-0.25, -0.2) is 0 Å². The van der Waals surface area contributed by atoms with Crippen molar-refractivity contribution in [2.75, 3.05) is 6.61 Å². The number of rotatable bonds is 9. The molecule has 0 amide bonds. The normalized spacial score (nSPS) is 38.4. The van der Waals surface area contributed by atoms with Crippen LogP contribution in [0.4, 0.5) is 0 Å². The van der Waals surface area contributed by atoms with E-state index in [1.165, 1.54) is 0 Å². The molecule has 48 heavy (non-hydrogen) atoms. The maximum atomic E-state index is 12.1. The van der Waals surface area contributed by atoms with Crippen LogP contribution in [0.3, 0.4) is 0 Å². The van der Waals surface area contributed by atoms with E-state index in [1.807, 2.05) is 0 Å². The van der Waals surface area contributed by atoms with E-state index in [1.54, 1.807) is 0 Å². The van der Waals surface area contributed by atoms with Crippen molar-refractivity contribution in [2.24, 2.45) is 46.3 Å². The molecule has 258 valence electrons. The molecule has 3 aromatic rings. The van der Waals surface area contributed by atoms with Crippen molar-refractivity contribution in [3.05, 3.63) is 108 Å². The highest BCUT2D eigenvalue weighted by Crippen LogP contribution is 2.70. The molecule has 11 atom stereocenters. The van der Waals surface area contributed by atoms with E-state index in [-0.39, 0.29) is 29.0 Å². The minimum Gasteiger partial charge on any atom is -0.393 e. The molecule has 0 aliphatic heterocycles. The lowest BCUT2D eigenvalue weighted by Crippen LogP contribution is -2.65. The summed E-state index contributed by atoms with van der Waals surface area (Å²) < 4.78 is 7.12. The third-order valence-electron chi connectivity index (χ3n) is 14.5. The van der Waals surface area contributed by atoms with Crippen molar-refractivity contribution in [1.82, 2.24) is 0 Å². The zero-order valence-corrected chi connectivity index (χ0v) is 29.6. The highest BCUT2D eigenvalue weighted by Gasteiger charge is 2.68. The molecule has 4 unspecified atom stereocenters. The van der Waals surface area contributed by atoms with Gasteiger partial charge in [0.05, 0.1) is 17.8 Å². The van der Waals surface area contributed by atoms with Crippen molar-refractivity contribution >= 4 is 0 Å². The van der Waals surface area contributed by atoms with Gasteiger partial charge in [-0.2, -0.15) is 0 Å². The Morgan fingerprint density at radius 1 is 0.771 bits per heavy atom.